The fourth-order valence-corrected chi connectivity index (χ4v) is 3.59. The maximum absolute atomic E-state index is 12.7. The molecular formula is C21H18O4. The highest BCUT2D eigenvalue weighted by molar-refractivity contribution is 5.83. The number of ether oxygens (including phenoxy) is 1. The van der Waals surface area contributed by atoms with Gasteiger partial charge in [0.1, 0.15) is 5.75 Å². The molecule has 1 N–H and O–H groups in total. The van der Waals surface area contributed by atoms with Gasteiger partial charge in [0.2, 0.25) is 0 Å². The van der Waals surface area contributed by atoms with E-state index in [9.17, 15) is 14.7 Å². The predicted molar refractivity (Wildman–Crippen MR) is 93.0 cm³/mol. The molecule has 0 amide bonds. The van der Waals surface area contributed by atoms with Gasteiger partial charge in [-0.2, -0.15) is 0 Å². The molecule has 4 nitrogen and oxygen atoms in total. The average Bonchev–Trinajstić information content (AvgIpc) is 2.60. The van der Waals surface area contributed by atoms with Gasteiger partial charge in [-0.3, -0.25) is 9.59 Å². The third-order valence-electron chi connectivity index (χ3n) is 4.89. The van der Waals surface area contributed by atoms with Crippen LogP contribution >= 0.6 is 0 Å². The first-order valence-electron chi connectivity index (χ1n) is 8.09. The second-order valence-electron chi connectivity index (χ2n) is 6.28. The van der Waals surface area contributed by atoms with E-state index in [0.29, 0.717) is 11.3 Å². The molecule has 2 aromatic rings. The summed E-state index contributed by atoms with van der Waals surface area (Å²) >= 11 is 0. The van der Waals surface area contributed by atoms with Gasteiger partial charge < -0.3 is 9.84 Å². The molecule has 0 aromatic heterocycles. The second-order valence-corrected chi connectivity index (χ2v) is 6.28. The Hall–Kier alpha value is -3.06. The van der Waals surface area contributed by atoms with Crippen molar-refractivity contribution in [3.05, 3.63) is 65.7 Å². The van der Waals surface area contributed by atoms with Gasteiger partial charge in [0, 0.05) is 11.5 Å². The van der Waals surface area contributed by atoms with Crippen molar-refractivity contribution in [1.29, 1.82) is 0 Å². The topological polar surface area (TPSA) is 63.6 Å². The fourth-order valence-electron chi connectivity index (χ4n) is 3.59. The summed E-state index contributed by atoms with van der Waals surface area (Å²) in [6.07, 6.45) is 5.31. The summed E-state index contributed by atoms with van der Waals surface area (Å²) in [6, 6.07) is 15.9. The van der Waals surface area contributed by atoms with Crippen LogP contribution < -0.4 is 4.74 Å². The molecule has 0 bridgehead atoms. The van der Waals surface area contributed by atoms with E-state index in [1.807, 2.05) is 30.3 Å². The minimum absolute atomic E-state index is 0.291. The van der Waals surface area contributed by atoms with Crippen molar-refractivity contribution in [2.24, 2.45) is 17.8 Å². The Kier molecular flexibility index (Phi) is 4.58. The number of hydrogen-bond donors (Lipinski definition) is 1. The first-order valence-corrected chi connectivity index (χ1v) is 8.09. The van der Waals surface area contributed by atoms with E-state index >= 15 is 0 Å². The first-order chi connectivity index (χ1) is 12.0. The van der Waals surface area contributed by atoms with Gasteiger partial charge in [0.25, 0.3) is 0 Å². The van der Waals surface area contributed by atoms with Crippen LogP contribution in [0.5, 0.6) is 5.75 Å². The molecule has 2 aromatic carbocycles. The number of carboxylic acids is 1. The lowest BCUT2D eigenvalue weighted by molar-refractivity contribution is -0.162. The summed E-state index contributed by atoms with van der Waals surface area (Å²) in [6.45, 7) is 1.78. The molecule has 0 radical (unpaired) electrons. The Morgan fingerprint density at radius 1 is 1.04 bits per heavy atom. The molecule has 4 atom stereocenters. The third-order valence-corrected chi connectivity index (χ3v) is 4.89. The van der Waals surface area contributed by atoms with Gasteiger partial charge in [-0.05, 0) is 35.7 Å². The van der Waals surface area contributed by atoms with E-state index in [0.717, 1.165) is 5.56 Å². The number of rotatable bonds is 4. The summed E-state index contributed by atoms with van der Waals surface area (Å²) < 4.78 is 5.47. The molecule has 1 aliphatic rings. The maximum Gasteiger partial charge on any atom is 0.315 e. The van der Waals surface area contributed by atoms with E-state index < -0.39 is 23.8 Å². The quantitative estimate of drug-likeness (QED) is 0.529. The SMILES string of the molecule is C#Cc1ccc(OC(=O)[C@@H]2[C@@H](C)[C@@H](C(=O)O)[C@@H]2c2ccccc2)cc1. The molecule has 1 fully saturated rings. The number of terminal acetylenes is 1. The zero-order chi connectivity index (χ0) is 18.0. The van der Waals surface area contributed by atoms with Crippen LogP contribution in [0.1, 0.15) is 24.0 Å². The Morgan fingerprint density at radius 3 is 2.24 bits per heavy atom. The summed E-state index contributed by atoms with van der Waals surface area (Å²) in [5.41, 5.74) is 1.54. The zero-order valence-electron chi connectivity index (χ0n) is 13.8. The second kappa shape index (κ2) is 6.82. The van der Waals surface area contributed by atoms with Gasteiger partial charge in [-0.15, -0.1) is 6.42 Å². The van der Waals surface area contributed by atoms with E-state index in [2.05, 4.69) is 5.92 Å². The van der Waals surface area contributed by atoms with Crippen molar-refractivity contribution in [2.75, 3.05) is 0 Å². The largest absolute Gasteiger partial charge is 0.481 e. The molecule has 25 heavy (non-hydrogen) atoms. The predicted octanol–water partition coefficient (Wildman–Crippen LogP) is 3.32. The smallest absolute Gasteiger partial charge is 0.315 e. The van der Waals surface area contributed by atoms with Gasteiger partial charge in [0.15, 0.2) is 0 Å². The standard InChI is InChI=1S/C21H18O4/c1-3-14-9-11-16(12-10-14)25-21(24)18-13(2)17(20(22)23)19(18)15-7-5-4-6-8-15/h1,4-13,17-19H,2H3,(H,22,23)/t13-,17+,18+,19-/m0/s1. The van der Waals surface area contributed by atoms with Gasteiger partial charge in [-0.25, -0.2) is 0 Å². The number of hydrogen-bond acceptors (Lipinski definition) is 3. The Labute approximate surface area is 146 Å². The lowest BCUT2D eigenvalue weighted by Crippen LogP contribution is -2.52. The molecule has 4 heteroatoms. The summed E-state index contributed by atoms with van der Waals surface area (Å²) in [4.78, 5) is 24.3. The number of aliphatic carboxylic acids is 1. The normalized spacial score (nSPS) is 24.6. The highest BCUT2D eigenvalue weighted by Crippen LogP contribution is 2.52. The van der Waals surface area contributed by atoms with Crippen LogP contribution in [0.3, 0.4) is 0 Å². The Balaban J connectivity index is 1.82. The third kappa shape index (κ3) is 3.14. The molecule has 3 rings (SSSR count). The van der Waals surface area contributed by atoms with Crippen molar-refractivity contribution < 1.29 is 19.4 Å². The van der Waals surface area contributed by atoms with Crippen LogP contribution in [0.25, 0.3) is 0 Å². The van der Waals surface area contributed by atoms with Gasteiger partial charge in [-0.1, -0.05) is 43.2 Å². The van der Waals surface area contributed by atoms with Crippen molar-refractivity contribution in [3.63, 3.8) is 0 Å². The molecule has 0 heterocycles. The first kappa shape index (κ1) is 16.8. The average molecular weight is 334 g/mol. The lowest BCUT2D eigenvalue weighted by atomic mass is 9.55. The zero-order valence-corrected chi connectivity index (χ0v) is 13.8. The van der Waals surface area contributed by atoms with Crippen molar-refractivity contribution in [1.82, 2.24) is 0 Å². The molecule has 1 saturated carbocycles. The van der Waals surface area contributed by atoms with E-state index in [1.54, 1.807) is 31.2 Å². The molecule has 0 aliphatic heterocycles. The van der Waals surface area contributed by atoms with E-state index in [4.69, 9.17) is 11.2 Å². The molecule has 0 spiro atoms. The van der Waals surface area contributed by atoms with Crippen LogP contribution in [0.2, 0.25) is 0 Å². The van der Waals surface area contributed by atoms with Crippen LogP contribution in [0, 0.1) is 30.1 Å². The van der Waals surface area contributed by atoms with Gasteiger partial charge >= 0.3 is 11.9 Å². The number of esters is 1. The molecule has 0 saturated heterocycles. The fraction of sp³-hybridized carbons (Fsp3) is 0.238. The van der Waals surface area contributed by atoms with Crippen LogP contribution in [0.15, 0.2) is 54.6 Å². The Morgan fingerprint density at radius 2 is 1.68 bits per heavy atom. The molecule has 0 unspecified atom stereocenters. The number of benzene rings is 2. The minimum Gasteiger partial charge on any atom is -0.481 e. The van der Waals surface area contributed by atoms with Crippen molar-refractivity contribution in [2.45, 2.75) is 12.8 Å². The molecule has 1 aliphatic carbocycles. The lowest BCUT2D eigenvalue weighted by Gasteiger charge is -2.47. The minimum atomic E-state index is -0.885. The van der Waals surface area contributed by atoms with E-state index in [-0.39, 0.29) is 11.8 Å². The highest BCUT2D eigenvalue weighted by Gasteiger charge is 2.56. The van der Waals surface area contributed by atoms with Crippen molar-refractivity contribution in [3.8, 4) is 18.1 Å². The number of carboxylic acid groups (broad SMARTS) is 1. The maximum atomic E-state index is 12.7. The highest BCUT2D eigenvalue weighted by atomic mass is 16.5. The van der Waals surface area contributed by atoms with Crippen LogP contribution in [-0.2, 0) is 9.59 Å². The van der Waals surface area contributed by atoms with Crippen LogP contribution in [0.4, 0.5) is 0 Å². The van der Waals surface area contributed by atoms with Crippen LogP contribution in [-0.4, -0.2) is 17.0 Å². The van der Waals surface area contributed by atoms with Crippen molar-refractivity contribution >= 4 is 11.9 Å². The summed E-state index contributed by atoms with van der Waals surface area (Å²) in [7, 11) is 0. The summed E-state index contributed by atoms with van der Waals surface area (Å²) in [5.74, 6) is -0.149. The van der Waals surface area contributed by atoms with Gasteiger partial charge in [0.05, 0.1) is 11.8 Å². The monoisotopic (exact) mass is 334 g/mol. The number of carbonyl (C=O) groups excluding carboxylic acids is 1. The molecule has 126 valence electrons. The molecular weight excluding hydrogens is 316 g/mol. The van der Waals surface area contributed by atoms with E-state index in [1.165, 1.54) is 0 Å². The summed E-state index contributed by atoms with van der Waals surface area (Å²) in [5, 5.41) is 9.51. The Bertz CT molecular complexity index is 817. The number of carbonyl (C=O) groups is 2.